The number of fused-ring (bicyclic) bond motifs is 1. The molecule has 6 nitrogen and oxygen atoms in total. The number of nitroso groups, excluding NO2 is 1. The van der Waals surface area contributed by atoms with E-state index in [-0.39, 0.29) is 11.6 Å². The summed E-state index contributed by atoms with van der Waals surface area (Å²) in [5.74, 6) is 1.10. The van der Waals surface area contributed by atoms with Gasteiger partial charge in [-0.3, -0.25) is 0 Å². The molecule has 1 aromatic heterocycles. The fraction of sp³-hybridized carbons (Fsp3) is 0.176. The van der Waals surface area contributed by atoms with Gasteiger partial charge in [-0.1, -0.05) is 24.3 Å². The van der Waals surface area contributed by atoms with Crippen LogP contribution in [-0.4, -0.2) is 23.9 Å². The number of benzene rings is 2. The number of methoxy groups -OCH3 is 2. The second-order valence-corrected chi connectivity index (χ2v) is 5.06. The number of rotatable bonds is 5. The standard InChI is InChI=1S/C17H16N2O4/c1-22-14-8-7-11(9-15(14)23-2)10-19-13-6-4-3-5-12(13)16(18-21)17(19)20/h3-9,20H,10H2,1-2H3. The number of aromatic nitrogens is 1. The highest BCUT2D eigenvalue weighted by Gasteiger charge is 2.17. The summed E-state index contributed by atoms with van der Waals surface area (Å²) in [6.07, 6.45) is 0. The van der Waals surface area contributed by atoms with E-state index >= 15 is 0 Å². The van der Waals surface area contributed by atoms with Crippen LogP contribution in [-0.2, 0) is 6.54 Å². The molecule has 0 atom stereocenters. The van der Waals surface area contributed by atoms with Gasteiger partial charge < -0.3 is 19.1 Å². The molecule has 2 aromatic carbocycles. The van der Waals surface area contributed by atoms with Crippen molar-refractivity contribution < 1.29 is 14.6 Å². The van der Waals surface area contributed by atoms with Gasteiger partial charge in [-0.05, 0) is 28.9 Å². The number of nitrogens with zero attached hydrogens (tertiary/aromatic N) is 2. The Kier molecular flexibility index (Phi) is 3.89. The van der Waals surface area contributed by atoms with Crippen molar-refractivity contribution in [3.8, 4) is 17.4 Å². The summed E-state index contributed by atoms with van der Waals surface area (Å²) >= 11 is 0. The van der Waals surface area contributed by atoms with Gasteiger partial charge in [0.25, 0.3) is 0 Å². The molecular weight excluding hydrogens is 296 g/mol. The van der Waals surface area contributed by atoms with E-state index in [0.717, 1.165) is 11.1 Å². The number of hydrogen-bond acceptors (Lipinski definition) is 5. The summed E-state index contributed by atoms with van der Waals surface area (Å²) < 4.78 is 12.2. The predicted octanol–water partition coefficient (Wildman–Crippen LogP) is 3.81. The second kappa shape index (κ2) is 6.00. The van der Waals surface area contributed by atoms with Crippen molar-refractivity contribution in [1.29, 1.82) is 0 Å². The van der Waals surface area contributed by atoms with Crippen LogP contribution in [0.3, 0.4) is 0 Å². The number of aromatic hydroxyl groups is 1. The van der Waals surface area contributed by atoms with Gasteiger partial charge in [0, 0.05) is 5.39 Å². The third-order valence-electron chi connectivity index (χ3n) is 3.80. The van der Waals surface area contributed by atoms with E-state index in [2.05, 4.69) is 5.18 Å². The van der Waals surface area contributed by atoms with Gasteiger partial charge in [0.05, 0.1) is 26.3 Å². The monoisotopic (exact) mass is 312 g/mol. The first kappa shape index (κ1) is 14.9. The molecule has 1 N–H and O–H groups in total. The predicted molar refractivity (Wildman–Crippen MR) is 87.7 cm³/mol. The van der Waals surface area contributed by atoms with Crippen LogP contribution in [0.4, 0.5) is 5.69 Å². The van der Waals surface area contributed by atoms with Crippen molar-refractivity contribution in [2.75, 3.05) is 14.2 Å². The molecule has 0 amide bonds. The van der Waals surface area contributed by atoms with E-state index in [9.17, 15) is 10.0 Å². The molecule has 23 heavy (non-hydrogen) atoms. The van der Waals surface area contributed by atoms with Gasteiger partial charge in [0.15, 0.2) is 17.2 Å². The molecule has 3 aromatic rings. The van der Waals surface area contributed by atoms with E-state index in [1.54, 1.807) is 37.0 Å². The lowest BCUT2D eigenvalue weighted by molar-refractivity contribution is 0.354. The summed E-state index contributed by atoms with van der Waals surface area (Å²) in [6.45, 7) is 0.377. The van der Waals surface area contributed by atoms with E-state index in [1.807, 2.05) is 24.3 Å². The third kappa shape index (κ3) is 2.48. The molecule has 6 heteroatoms. The molecule has 118 valence electrons. The molecule has 0 aliphatic heterocycles. The summed E-state index contributed by atoms with van der Waals surface area (Å²) in [4.78, 5) is 11.0. The highest BCUT2D eigenvalue weighted by molar-refractivity contribution is 5.95. The van der Waals surface area contributed by atoms with Crippen LogP contribution in [0.5, 0.6) is 17.4 Å². The minimum atomic E-state index is -0.143. The average molecular weight is 312 g/mol. The summed E-state index contributed by atoms with van der Waals surface area (Å²) in [5.41, 5.74) is 1.70. The SMILES string of the molecule is COc1ccc(Cn2c(O)c(N=O)c3ccccc32)cc1OC. The quantitative estimate of drug-likeness (QED) is 0.727. The van der Waals surface area contributed by atoms with E-state index < -0.39 is 0 Å². The maximum Gasteiger partial charge on any atom is 0.222 e. The van der Waals surface area contributed by atoms with Crippen LogP contribution in [0.1, 0.15) is 5.56 Å². The number of para-hydroxylation sites is 1. The number of ether oxygens (including phenoxy) is 2. The Morgan fingerprint density at radius 2 is 1.83 bits per heavy atom. The molecule has 3 rings (SSSR count). The lowest BCUT2D eigenvalue weighted by Crippen LogP contribution is -2.00. The second-order valence-electron chi connectivity index (χ2n) is 5.06. The van der Waals surface area contributed by atoms with Crippen LogP contribution in [0.15, 0.2) is 47.6 Å². The van der Waals surface area contributed by atoms with Crippen LogP contribution in [0.2, 0.25) is 0 Å². The lowest BCUT2D eigenvalue weighted by Gasteiger charge is -2.11. The molecule has 0 bridgehead atoms. The van der Waals surface area contributed by atoms with Crippen molar-refractivity contribution in [3.05, 3.63) is 52.9 Å². The van der Waals surface area contributed by atoms with E-state index in [0.29, 0.717) is 23.4 Å². The number of hydrogen-bond donors (Lipinski definition) is 1. The summed E-state index contributed by atoms with van der Waals surface area (Å²) in [5, 5.41) is 13.9. The molecule has 1 heterocycles. The molecule has 0 saturated heterocycles. The zero-order valence-corrected chi connectivity index (χ0v) is 12.8. The molecule has 0 aliphatic rings. The van der Waals surface area contributed by atoms with Crippen LogP contribution in [0, 0.1) is 4.91 Å². The Balaban J connectivity index is 2.09. The minimum Gasteiger partial charge on any atom is -0.493 e. The van der Waals surface area contributed by atoms with Gasteiger partial charge >= 0.3 is 0 Å². The largest absolute Gasteiger partial charge is 0.493 e. The van der Waals surface area contributed by atoms with Gasteiger partial charge in [-0.25, -0.2) is 0 Å². The first-order valence-electron chi connectivity index (χ1n) is 7.04. The van der Waals surface area contributed by atoms with Crippen molar-refractivity contribution in [2.24, 2.45) is 5.18 Å². The minimum absolute atomic E-state index is 0.0566. The highest BCUT2D eigenvalue weighted by atomic mass is 16.5. The first-order valence-corrected chi connectivity index (χ1v) is 7.04. The Hall–Kier alpha value is -3.02. The van der Waals surface area contributed by atoms with E-state index in [4.69, 9.17) is 9.47 Å². The van der Waals surface area contributed by atoms with Crippen molar-refractivity contribution in [2.45, 2.75) is 6.54 Å². The van der Waals surface area contributed by atoms with Crippen LogP contribution < -0.4 is 9.47 Å². The van der Waals surface area contributed by atoms with Crippen molar-refractivity contribution >= 4 is 16.6 Å². The smallest absolute Gasteiger partial charge is 0.222 e. The maximum absolute atomic E-state index is 11.0. The van der Waals surface area contributed by atoms with Gasteiger partial charge in [0.1, 0.15) is 0 Å². The van der Waals surface area contributed by atoms with E-state index in [1.165, 1.54) is 0 Å². The third-order valence-corrected chi connectivity index (χ3v) is 3.80. The first-order chi connectivity index (χ1) is 11.2. The Bertz CT molecular complexity index is 870. The normalized spacial score (nSPS) is 10.7. The highest BCUT2D eigenvalue weighted by Crippen LogP contribution is 2.39. The average Bonchev–Trinajstić information content (AvgIpc) is 2.86. The van der Waals surface area contributed by atoms with Crippen LogP contribution >= 0.6 is 0 Å². The molecule has 0 radical (unpaired) electrons. The maximum atomic E-state index is 11.0. The van der Waals surface area contributed by atoms with Gasteiger partial charge in [0.2, 0.25) is 5.88 Å². The molecule has 0 spiro atoms. The lowest BCUT2D eigenvalue weighted by atomic mass is 10.2. The van der Waals surface area contributed by atoms with Crippen molar-refractivity contribution in [3.63, 3.8) is 0 Å². The topological polar surface area (TPSA) is 73.0 Å². The Morgan fingerprint density at radius 3 is 2.52 bits per heavy atom. The molecule has 0 saturated carbocycles. The molecule has 0 unspecified atom stereocenters. The van der Waals surface area contributed by atoms with Gasteiger partial charge in [-0.2, -0.15) is 0 Å². The zero-order valence-electron chi connectivity index (χ0n) is 12.8. The van der Waals surface area contributed by atoms with Gasteiger partial charge in [-0.15, -0.1) is 4.91 Å². The fourth-order valence-electron chi connectivity index (χ4n) is 2.68. The Labute approximate surface area is 132 Å². The Morgan fingerprint density at radius 1 is 1.09 bits per heavy atom. The van der Waals surface area contributed by atoms with Crippen LogP contribution in [0.25, 0.3) is 10.9 Å². The molecular formula is C17H16N2O4. The van der Waals surface area contributed by atoms with Crippen molar-refractivity contribution in [1.82, 2.24) is 4.57 Å². The molecule has 0 aliphatic carbocycles. The summed E-state index contributed by atoms with van der Waals surface area (Å²) in [7, 11) is 3.14. The summed E-state index contributed by atoms with van der Waals surface area (Å²) in [6, 6.07) is 12.8. The molecule has 0 fully saturated rings. The zero-order chi connectivity index (χ0) is 16.4. The fourth-order valence-corrected chi connectivity index (χ4v) is 2.68.